The van der Waals surface area contributed by atoms with Gasteiger partial charge in [-0.2, -0.15) is 0 Å². The normalized spacial score (nSPS) is 25.8. The lowest BCUT2D eigenvalue weighted by Gasteiger charge is -2.39. The molecule has 0 aliphatic carbocycles. The second-order valence-corrected chi connectivity index (χ2v) is 5.11. The maximum atomic E-state index is 2.70. The topological polar surface area (TPSA) is 3.24 Å². The summed E-state index contributed by atoms with van der Waals surface area (Å²) in [6.07, 6.45) is 5.67. The van der Waals surface area contributed by atoms with Crippen molar-refractivity contribution in [3.05, 3.63) is 0 Å². The van der Waals surface area contributed by atoms with E-state index in [4.69, 9.17) is 0 Å². The Labute approximate surface area is 83.5 Å². The standard InChI is InChI=1S/C12H25N/c1-10(2)9-12-7-5-6-8-13(12)11(3)4/h10-12H,5-9H2,1-4H3. The van der Waals surface area contributed by atoms with Crippen molar-refractivity contribution >= 4 is 0 Å². The van der Waals surface area contributed by atoms with E-state index in [-0.39, 0.29) is 0 Å². The number of likely N-dealkylation sites (tertiary alicyclic amines) is 1. The molecule has 0 radical (unpaired) electrons. The smallest absolute Gasteiger partial charge is 0.0100 e. The summed E-state index contributed by atoms with van der Waals surface area (Å²) in [5.41, 5.74) is 0. The van der Waals surface area contributed by atoms with E-state index in [1.54, 1.807) is 0 Å². The van der Waals surface area contributed by atoms with E-state index in [0.717, 1.165) is 18.0 Å². The molecule has 13 heavy (non-hydrogen) atoms. The van der Waals surface area contributed by atoms with Crippen molar-refractivity contribution in [2.45, 2.75) is 65.5 Å². The number of rotatable bonds is 3. The highest BCUT2D eigenvalue weighted by Gasteiger charge is 2.24. The first-order valence-corrected chi connectivity index (χ1v) is 5.87. The SMILES string of the molecule is CC(C)CC1CCCCN1C(C)C. The van der Waals surface area contributed by atoms with Gasteiger partial charge in [0.2, 0.25) is 0 Å². The maximum absolute atomic E-state index is 2.70. The van der Waals surface area contributed by atoms with Gasteiger partial charge < -0.3 is 0 Å². The van der Waals surface area contributed by atoms with E-state index >= 15 is 0 Å². The molecule has 1 aliphatic heterocycles. The van der Waals surface area contributed by atoms with Crippen LogP contribution < -0.4 is 0 Å². The van der Waals surface area contributed by atoms with Crippen LogP contribution >= 0.6 is 0 Å². The van der Waals surface area contributed by atoms with Crippen molar-refractivity contribution in [3.63, 3.8) is 0 Å². The summed E-state index contributed by atoms with van der Waals surface area (Å²) >= 11 is 0. The molecule has 0 aromatic rings. The highest BCUT2D eigenvalue weighted by molar-refractivity contribution is 4.79. The van der Waals surface area contributed by atoms with Gasteiger partial charge in [-0.05, 0) is 45.6 Å². The monoisotopic (exact) mass is 183 g/mol. The molecule has 1 atom stereocenters. The third-order valence-corrected chi connectivity index (χ3v) is 3.08. The van der Waals surface area contributed by atoms with Crippen LogP contribution in [0, 0.1) is 5.92 Å². The summed E-state index contributed by atoms with van der Waals surface area (Å²) in [6.45, 7) is 10.7. The number of piperidine rings is 1. The molecule has 1 aliphatic rings. The highest BCUT2D eigenvalue weighted by atomic mass is 15.2. The number of hydrogen-bond donors (Lipinski definition) is 0. The molecule has 1 nitrogen and oxygen atoms in total. The minimum absolute atomic E-state index is 0.740. The van der Waals surface area contributed by atoms with E-state index in [0.29, 0.717) is 0 Å². The molecule has 0 amide bonds. The number of nitrogens with zero attached hydrogens (tertiary/aromatic N) is 1. The van der Waals surface area contributed by atoms with Crippen LogP contribution in [0.2, 0.25) is 0 Å². The molecule has 0 aromatic heterocycles. The van der Waals surface area contributed by atoms with Crippen LogP contribution in [0.25, 0.3) is 0 Å². The van der Waals surface area contributed by atoms with E-state index in [1.807, 2.05) is 0 Å². The van der Waals surface area contributed by atoms with Crippen LogP contribution in [0.3, 0.4) is 0 Å². The zero-order valence-corrected chi connectivity index (χ0v) is 9.71. The van der Waals surface area contributed by atoms with Gasteiger partial charge in [0.1, 0.15) is 0 Å². The third-order valence-electron chi connectivity index (χ3n) is 3.08. The van der Waals surface area contributed by atoms with E-state index in [1.165, 1.54) is 32.2 Å². The van der Waals surface area contributed by atoms with E-state index in [9.17, 15) is 0 Å². The highest BCUT2D eigenvalue weighted by Crippen LogP contribution is 2.24. The Morgan fingerprint density at radius 3 is 2.38 bits per heavy atom. The first-order valence-electron chi connectivity index (χ1n) is 5.87. The fourth-order valence-corrected chi connectivity index (χ4v) is 2.50. The van der Waals surface area contributed by atoms with E-state index < -0.39 is 0 Å². The van der Waals surface area contributed by atoms with Crippen molar-refractivity contribution in [3.8, 4) is 0 Å². The Hall–Kier alpha value is -0.0400. The van der Waals surface area contributed by atoms with Crippen molar-refractivity contribution in [1.82, 2.24) is 4.90 Å². The first kappa shape index (κ1) is 11.0. The van der Waals surface area contributed by atoms with Crippen LogP contribution in [0.5, 0.6) is 0 Å². The summed E-state index contributed by atoms with van der Waals surface area (Å²) in [7, 11) is 0. The quantitative estimate of drug-likeness (QED) is 0.649. The van der Waals surface area contributed by atoms with Crippen LogP contribution in [-0.2, 0) is 0 Å². The average Bonchev–Trinajstić information content (AvgIpc) is 2.03. The molecule has 0 N–H and O–H groups in total. The molecule has 1 saturated heterocycles. The van der Waals surface area contributed by atoms with E-state index in [2.05, 4.69) is 32.6 Å². The first-order chi connectivity index (χ1) is 6.11. The molecule has 1 heteroatoms. The molecule has 1 fully saturated rings. The summed E-state index contributed by atoms with van der Waals surface area (Å²) < 4.78 is 0. The summed E-state index contributed by atoms with van der Waals surface area (Å²) in [5, 5.41) is 0. The molecule has 1 unspecified atom stereocenters. The van der Waals surface area contributed by atoms with Crippen molar-refractivity contribution in [2.75, 3.05) is 6.54 Å². The minimum atomic E-state index is 0.740. The Kier molecular flexibility index (Phi) is 4.24. The van der Waals surface area contributed by atoms with Crippen molar-refractivity contribution in [2.24, 2.45) is 5.92 Å². The van der Waals surface area contributed by atoms with Crippen molar-refractivity contribution < 1.29 is 0 Å². The zero-order chi connectivity index (χ0) is 9.84. The van der Waals surface area contributed by atoms with Crippen LogP contribution in [-0.4, -0.2) is 23.5 Å². The van der Waals surface area contributed by atoms with Crippen LogP contribution in [0.4, 0.5) is 0 Å². The Morgan fingerprint density at radius 2 is 1.85 bits per heavy atom. The molecule has 1 rings (SSSR count). The Morgan fingerprint density at radius 1 is 1.15 bits per heavy atom. The van der Waals surface area contributed by atoms with Gasteiger partial charge >= 0.3 is 0 Å². The van der Waals surface area contributed by atoms with Crippen LogP contribution in [0.15, 0.2) is 0 Å². The predicted molar refractivity (Wildman–Crippen MR) is 58.9 cm³/mol. The summed E-state index contributed by atoms with van der Waals surface area (Å²) in [4.78, 5) is 2.70. The van der Waals surface area contributed by atoms with Gasteiger partial charge in [0.25, 0.3) is 0 Å². The summed E-state index contributed by atoms with van der Waals surface area (Å²) in [6, 6.07) is 1.61. The minimum Gasteiger partial charge on any atom is -0.298 e. The molecule has 0 bridgehead atoms. The molecule has 0 saturated carbocycles. The largest absolute Gasteiger partial charge is 0.298 e. The van der Waals surface area contributed by atoms with Gasteiger partial charge in [0, 0.05) is 12.1 Å². The van der Waals surface area contributed by atoms with Gasteiger partial charge in [-0.15, -0.1) is 0 Å². The molecule has 0 spiro atoms. The fraction of sp³-hybridized carbons (Fsp3) is 1.00. The van der Waals surface area contributed by atoms with Gasteiger partial charge in [0.05, 0.1) is 0 Å². The van der Waals surface area contributed by atoms with Gasteiger partial charge in [-0.1, -0.05) is 20.3 Å². The van der Waals surface area contributed by atoms with Crippen molar-refractivity contribution in [1.29, 1.82) is 0 Å². The lowest BCUT2D eigenvalue weighted by atomic mass is 9.93. The molecule has 78 valence electrons. The second kappa shape index (κ2) is 4.99. The average molecular weight is 183 g/mol. The third kappa shape index (κ3) is 3.30. The molecule has 0 aromatic carbocycles. The zero-order valence-electron chi connectivity index (χ0n) is 9.71. The summed E-state index contributed by atoms with van der Waals surface area (Å²) in [5.74, 6) is 0.851. The van der Waals surface area contributed by atoms with Gasteiger partial charge in [-0.3, -0.25) is 4.90 Å². The van der Waals surface area contributed by atoms with Crippen LogP contribution in [0.1, 0.15) is 53.4 Å². The second-order valence-electron chi connectivity index (χ2n) is 5.11. The predicted octanol–water partition coefficient (Wildman–Crippen LogP) is 3.30. The fourth-order valence-electron chi connectivity index (χ4n) is 2.50. The Balaban J connectivity index is 2.46. The number of hydrogen-bond acceptors (Lipinski definition) is 1. The van der Waals surface area contributed by atoms with Gasteiger partial charge in [0.15, 0.2) is 0 Å². The lowest BCUT2D eigenvalue weighted by Crippen LogP contribution is -2.44. The molecular formula is C12H25N. The maximum Gasteiger partial charge on any atom is 0.0100 e. The Bertz CT molecular complexity index is 140. The van der Waals surface area contributed by atoms with Gasteiger partial charge in [-0.25, -0.2) is 0 Å². The lowest BCUT2D eigenvalue weighted by molar-refractivity contribution is 0.0965. The molecule has 1 heterocycles. The molecular weight excluding hydrogens is 158 g/mol.